The van der Waals surface area contributed by atoms with Crippen LogP contribution in [-0.2, 0) is 0 Å². The molecule has 0 saturated heterocycles. The minimum absolute atomic E-state index is 1.08. The molecule has 0 radical (unpaired) electrons. The van der Waals surface area contributed by atoms with Crippen molar-refractivity contribution in [1.82, 2.24) is 0 Å². The summed E-state index contributed by atoms with van der Waals surface area (Å²) in [5.74, 6) is 0. The Bertz CT molecular complexity index is 444. The summed E-state index contributed by atoms with van der Waals surface area (Å²) in [6.45, 7) is 5.84. The summed E-state index contributed by atoms with van der Waals surface area (Å²) in [6.07, 6.45) is 6.00. The van der Waals surface area contributed by atoms with Crippen LogP contribution in [-0.4, -0.2) is 0 Å². The highest BCUT2D eigenvalue weighted by atomic mass is 32.2. The lowest BCUT2D eigenvalue weighted by Crippen LogP contribution is -2.04. The summed E-state index contributed by atoms with van der Waals surface area (Å²) >= 11 is 1.77. The van der Waals surface area contributed by atoms with Crippen LogP contribution in [0.25, 0.3) is 0 Å². The molecule has 0 atom stereocenters. The molecule has 76 valence electrons. The normalized spacial score (nSPS) is 15.0. The highest BCUT2D eigenvalue weighted by Gasteiger charge is 2.13. The quantitative estimate of drug-likeness (QED) is 0.794. The monoisotopic (exact) mass is 215 g/mol. The number of fused-ring (bicyclic) bond motifs is 1. The van der Waals surface area contributed by atoms with Gasteiger partial charge in [0.25, 0.3) is 0 Å². The first kappa shape index (κ1) is 10.1. The van der Waals surface area contributed by atoms with Crippen molar-refractivity contribution in [3.8, 4) is 0 Å². The van der Waals surface area contributed by atoms with Crippen molar-refractivity contribution in [3.05, 3.63) is 59.7 Å². The third-order valence-electron chi connectivity index (χ3n) is 2.16. The highest BCUT2D eigenvalue weighted by molar-refractivity contribution is 8.03. The lowest BCUT2D eigenvalue weighted by molar-refractivity contribution is 1.35. The average Bonchev–Trinajstić information content (AvgIpc) is 2.28. The van der Waals surface area contributed by atoms with E-state index in [-0.39, 0.29) is 0 Å². The summed E-state index contributed by atoms with van der Waals surface area (Å²) in [5.41, 5.74) is 2.24. The molecule has 1 heterocycles. The average molecular weight is 215 g/mol. The zero-order valence-corrected chi connectivity index (χ0v) is 9.47. The number of nitrogens with one attached hydrogen (secondary N) is 1. The largest absolute Gasteiger partial charge is 0.354 e. The molecule has 0 saturated carbocycles. The molecule has 0 amide bonds. The lowest BCUT2D eigenvalue weighted by Gasteiger charge is -2.20. The molecular formula is C13H13NS. The van der Waals surface area contributed by atoms with E-state index in [2.05, 4.69) is 36.2 Å². The maximum Gasteiger partial charge on any atom is 0.0526 e. The highest BCUT2D eigenvalue weighted by Crippen LogP contribution is 2.40. The van der Waals surface area contributed by atoms with Gasteiger partial charge in [-0.25, -0.2) is 0 Å². The Morgan fingerprint density at radius 2 is 2.13 bits per heavy atom. The fourth-order valence-corrected chi connectivity index (χ4v) is 2.53. The van der Waals surface area contributed by atoms with E-state index in [9.17, 15) is 0 Å². The molecule has 1 nitrogen and oxygen atoms in total. The van der Waals surface area contributed by atoms with Gasteiger partial charge in [0.15, 0.2) is 0 Å². The summed E-state index contributed by atoms with van der Waals surface area (Å²) in [6, 6.07) is 8.29. The first-order chi connectivity index (χ1) is 7.35. The number of para-hydroxylation sites is 1. The molecule has 15 heavy (non-hydrogen) atoms. The fourth-order valence-electron chi connectivity index (χ4n) is 1.47. The van der Waals surface area contributed by atoms with Gasteiger partial charge >= 0.3 is 0 Å². The second kappa shape index (κ2) is 4.41. The van der Waals surface area contributed by atoms with E-state index in [0.717, 1.165) is 11.4 Å². The first-order valence-corrected chi connectivity index (χ1v) is 5.70. The Morgan fingerprint density at radius 1 is 1.33 bits per heavy atom. The summed E-state index contributed by atoms with van der Waals surface area (Å²) in [5, 5.41) is 3.37. The van der Waals surface area contributed by atoms with Crippen LogP contribution < -0.4 is 5.32 Å². The van der Waals surface area contributed by atoms with Crippen LogP contribution in [0.2, 0.25) is 0 Å². The van der Waals surface area contributed by atoms with Gasteiger partial charge in [0.1, 0.15) is 0 Å². The summed E-state index contributed by atoms with van der Waals surface area (Å²) in [4.78, 5) is 2.47. The van der Waals surface area contributed by atoms with Crippen molar-refractivity contribution >= 4 is 17.4 Å². The maximum absolute atomic E-state index is 3.82. The van der Waals surface area contributed by atoms with Crippen molar-refractivity contribution in [2.75, 3.05) is 5.32 Å². The molecule has 1 aromatic carbocycles. The van der Waals surface area contributed by atoms with Crippen LogP contribution in [0.5, 0.6) is 0 Å². The molecule has 0 fully saturated rings. The van der Waals surface area contributed by atoms with Gasteiger partial charge in [0.05, 0.1) is 11.4 Å². The van der Waals surface area contributed by atoms with E-state index in [1.807, 2.05) is 25.1 Å². The Labute approximate surface area is 94.6 Å². The zero-order valence-electron chi connectivity index (χ0n) is 8.66. The van der Waals surface area contributed by atoms with Gasteiger partial charge in [0.2, 0.25) is 0 Å². The van der Waals surface area contributed by atoms with Gasteiger partial charge in [-0.1, -0.05) is 42.6 Å². The molecule has 0 unspecified atom stereocenters. The second-order valence-corrected chi connectivity index (χ2v) is 4.29. The number of hydrogen-bond acceptors (Lipinski definition) is 2. The van der Waals surface area contributed by atoms with Gasteiger partial charge < -0.3 is 5.32 Å². The Morgan fingerprint density at radius 3 is 2.87 bits per heavy atom. The van der Waals surface area contributed by atoms with Crippen LogP contribution in [0, 0.1) is 0 Å². The smallest absolute Gasteiger partial charge is 0.0526 e. The number of benzene rings is 1. The third kappa shape index (κ3) is 2.00. The van der Waals surface area contributed by atoms with E-state index in [4.69, 9.17) is 0 Å². The maximum atomic E-state index is 3.82. The Hall–Kier alpha value is -1.41. The van der Waals surface area contributed by atoms with Crippen LogP contribution >= 0.6 is 11.8 Å². The van der Waals surface area contributed by atoms with E-state index in [1.165, 1.54) is 9.80 Å². The predicted molar refractivity (Wildman–Crippen MR) is 68.0 cm³/mol. The van der Waals surface area contributed by atoms with Crippen LogP contribution in [0.3, 0.4) is 0 Å². The van der Waals surface area contributed by atoms with E-state index < -0.39 is 0 Å². The Kier molecular flexibility index (Phi) is 2.97. The van der Waals surface area contributed by atoms with E-state index in [1.54, 1.807) is 11.8 Å². The molecule has 1 aliphatic heterocycles. The molecule has 1 aromatic rings. The number of thioether (sulfide) groups is 1. The second-order valence-electron chi connectivity index (χ2n) is 3.21. The van der Waals surface area contributed by atoms with Crippen molar-refractivity contribution in [1.29, 1.82) is 0 Å². The minimum Gasteiger partial charge on any atom is -0.354 e. The molecule has 2 heteroatoms. The topological polar surface area (TPSA) is 12.0 Å². The molecule has 2 rings (SSSR count). The number of allylic oxidation sites excluding steroid dienone is 3. The first-order valence-electron chi connectivity index (χ1n) is 4.88. The fraction of sp³-hybridized carbons (Fsp3) is 0.0769. The van der Waals surface area contributed by atoms with Crippen molar-refractivity contribution in [3.63, 3.8) is 0 Å². The van der Waals surface area contributed by atoms with E-state index >= 15 is 0 Å². The number of anilines is 1. The lowest BCUT2D eigenvalue weighted by atomic mass is 10.2. The summed E-state index contributed by atoms with van der Waals surface area (Å²) < 4.78 is 0. The van der Waals surface area contributed by atoms with Crippen LogP contribution in [0.4, 0.5) is 5.69 Å². The molecule has 0 aliphatic carbocycles. The number of rotatable bonds is 2. The van der Waals surface area contributed by atoms with Crippen molar-refractivity contribution < 1.29 is 0 Å². The standard InChI is InChI=1S/C13H13NS/c1-3-7-12-10(4-2)14-11-8-5-6-9-13(11)15-12/h3-9,14H,2H2,1H3/b7-3-. The summed E-state index contributed by atoms with van der Waals surface area (Å²) in [7, 11) is 0. The third-order valence-corrected chi connectivity index (χ3v) is 3.32. The SMILES string of the molecule is C=CC1=C(/C=C\C)Sc2ccccc2N1. The molecule has 0 spiro atoms. The van der Waals surface area contributed by atoms with E-state index in [0.29, 0.717) is 0 Å². The Balaban J connectivity index is 2.41. The molecule has 1 aliphatic rings. The van der Waals surface area contributed by atoms with Crippen LogP contribution in [0.1, 0.15) is 6.92 Å². The predicted octanol–water partition coefficient (Wildman–Crippen LogP) is 4.18. The molecule has 0 aromatic heterocycles. The molecule has 1 N–H and O–H groups in total. The van der Waals surface area contributed by atoms with Gasteiger partial charge in [-0.3, -0.25) is 0 Å². The van der Waals surface area contributed by atoms with Crippen molar-refractivity contribution in [2.45, 2.75) is 11.8 Å². The zero-order chi connectivity index (χ0) is 10.7. The molecular weight excluding hydrogens is 202 g/mol. The van der Waals surface area contributed by atoms with Gasteiger partial charge in [-0.2, -0.15) is 0 Å². The number of hydrogen-bond donors (Lipinski definition) is 1. The van der Waals surface area contributed by atoms with Crippen molar-refractivity contribution in [2.24, 2.45) is 0 Å². The minimum atomic E-state index is 1.08. The van der Waals surface area contributed by atoms with Crippen LogP contribution in [0.15, 0.2) is 64.6 Å². The van der Waals surface area contributed by atoms with Gasteiger partial charge in [0, 0.05) is 9.80 Å². The van der Waals surface area contributed by atoms with Gasteiger partial charge in [-0.15, -0.1) is 0 Å². The van der Waals surface area contributed by atoms with Gasteiger partial charge in [-0.05, 0) is 25.1 Å². The molecule has 0 bridgehead atoms.